The SMILES string of the molecule is O=C1CCc2c1cccc2[N+](=O)[O-].[Cr+3].[Cr+3].[O-2].[O-2].[O-2]. The van der Waals surface area contributed by atoms with Crippen molar-refractivity contribution in [2.24, 2.45) is 0 Å². The monoisotopic (exact) mass is 329 g/mol. The Balaban J connectivity index is -0.000000196. The molecule has 0 fully saturated rings. The fraction of sp³-hybridized carbons (Fsp3) is 0.222. The fourth-order valence-electron chi connectivity index (χ4n) is 1.64. The maximum atomic E-state index is 11.2. The minimum Gasteiger partial charge on any atom is -2.00 e. The molecule has 1 aliphatic rings. The van der Waals surface area contributed by atoms with Crippen LogP contribution in [0.2, 0.25) is 0 Å². The predicted octanol–water partition coefficient (Wildman–Crippen LogP) is 1.36. The van der Waals surface area contributed by atoms with Gasteiger partial charge in [0.25, 0.3) is 5.69 Å². The van der Waals surface area contributed by atoms with E-state index in [9.17, 15) is 14.9 Å². The van der Waals surface area contributed by atoms with Crippen molar-refractivity contribution in [3.8, 4) is 0 Å². The van der Waals surface area contributed by atoms with Crippen LogP contribution in [0.15, 0.2) is 18.2 Å². The predicted molar refractivity (Wildman–Crippen MR) is 47.8 cm³/mol. The van der Waals surface area contributed by atoms with E-state index in [1.54, 1.807) is 12.1 Å². The number of Topliss-reactive ketones (excluding diaryl/α,β-unsaturated/α-hetero) is 1. The van der Waals surface area contributed by atoms with E-state index in [2.05, 4.69) is 0 Å². The van der Waals surface area contributed by atoms with Gasteiger partial charge in [0, 0.05) is 23.6 Å². The third-order valence-corrected chi connectivity index (χ3v) is 2.25. The van der Waals surface area contributed by atoms with Crippen LogP contribution in [0.3, 0.4) is 0 Å². The van der Waals surface area contributed by atoms with Crippen molar-refractivity contribution in [1.82, 2.24) is 0 Å². The summed E-state index contributed by atoms with van der Waals surface area (Å²) >= 11 is 0. The molecule has 0 bridgehead atoms. The van der Waals surface area contributed by atoms with Crippen LogP contribution in [-0.4, -0.2) is 10.7 Å². The summed E-state index contributed by atoms with van der Waals surface area (Å²) in [5.74, 6) is 0.0127. The summed E-state index contributed by atoms with van der Waals surface area (Å²) in [6.07, 6.45) is 0.908. The van der Waals surface area contributed by atoms with Crippen LogP contribution < -0.4 is 0 Å². The topological polar surface area (TPSA) is 146 Å². The van der Waals surface area contributed by atoms with Gasteiger partial charge < -0.3 is 16.4 Å². The largest absolute Gasteiger partial charge is 3.00 e. The summed E-state index contributed by atoms with van der Waals surface area (Å²) < 4.78 is 0. The van der Waals surface area contributed by atoms with Crippen molar-refractivity contribution in [2.45, 2.75) is 12.8 Å². The molecule has 0 saturated carbocycles. The molecule has 0 aliphatic heterocycles. The van der Waals surface area contributed by atoms with Gasteiger partial charge in [0.15, 0.2) is 5.78 Å². The van der Waals surface area contributed by atoms with Crippen LogP contribution >= 0.6 is 0 Å². The number of rotatable bonds is 1. The summed E-state index contributed by atoms with van der Waals surface area (Å²) in [5, 5.41) is 10.6. The first kappa shape index (κ1) is 25.9. The van der Waals surface area contributed by atoms with Gasteiger partial charge in [-0.3, -0.25) is 14.9 Å². The second-order valence-electron chi connectivity index (χ2n) is 2.98. The fourth-order valence-corrected chi connectivity index (χ4v) is 1.64. The standard InChI is InChI=1S/C9H7NO3.2Cr.3O/c11-9-5-4-6-7(9)2-1-3-8(6)10(12)13;;;;;/h1-3H,4-5H2;;;;;/q;2*+3;3*-2. The van der Waals surface area contributed by atoms with Gasteiger partial charge in [-0.25, -0.2) is 0 Å². The van der Waals surface area contributed by atoms with Crippen LogP contribution in [0, 0.1) is 10.1 Å². The van der Waals surface area contributed by atoms with E-state index in [1.165, 1.54) is 6.07 Å². The van der Waals surface area contributed by atoms with E-state index in [0.717, 1.165) is 0 Å². The summed E-state index contributed by atoms with van der Waals surface area (Å²) in [6, 6.07) is 4.65. The molecule has 0 saturated heterocycles. The second kappa shape index (κ2) is 10.2. The molecule has 18 heavy (non-hydrogen) atoms. The molecule has 0 aromatic heterocycles. The average molecular weight is 329 g/mol. The van der Waals surface area contributed by atoms with E-state index < -0.39 is 4.92 Å². The molecule has 96 valence electrons. The Labute approximate surface area is 125 Å². The number of ketones is 1. The van der Waals surface area contributed by atoms with Crippen LogP contribution in [0.25, 0.3) is 0 Å². The average Bonchev–Trinajstić information content (AvgIpc) is 2.48. The summed E-state index contributed by atoms with van der Waals surface area (Å²) in [4.78, 5) is 21.3. The number of nitro benzene ring substituents is 1. The second-order valence-corrected chi connectivity index (χ2v) is 2.98. The number of benzene rings is 1. The quantitative estimate of drug-likeness (QED) is 0.566. The molecule has 2 rings (SSSR count). The third kappa shape index (κ3) is 4.49. The molecule has 7 nitrogen and oxygen atoms in total. The van der Waals surface area contributed by atoms with Crippen molar-refractivity contribution in [3.63, 3.8) is 0 Å². The number of carbonyl (C=O) groups is 1. The van der Waals surface area contributed by atoms with E-state index >= 15 is 0 Å². The normalized spacial score (nSPS) is 10.3. The van der Waals surface area contributed by atoms with E-state index in [1.807, 2.05) is 0 Å². The van der Waals surface area contributed by atoms with Gasteiger partial charge in [-0.2, -0.15) is 0 Å². The number of nitro groups is 1. The zero-order chi connectivity index (χ0) is 9.42. The zero-order valence-corrected chi connectivity index (χ0v) is 11.4. The van der Waals surface area contributed by atoms with Crippen molar-refractivity contribution in [1.29, 1.82) is 0 Å². The van der Waals surface area contributed by atoms with Gasteiger partial charge >= 0.3 is 34.7 Å². The molecule has 1 aromatic carbocycles. The Morgan fingerprint density at radius 1 is 1.06 bits per heavy atom. The zero-order valence-electron chi connectivity index (χ0n) is 8.86. The van der Waals surface area contributed by atoms with Crippen molar-refractivity contribution in [3.05, 3.63) is 39.4 Å². The number of carbonyl (C=O) groups excluding carboxylic acids is 1. The Hall–Kier alpha value is -0.765. The molecule has 0 atom stereocenters. The maximum Gasteiger partial charge on any atom is 3.00 e. The Bertz CT molecular complexity index is 412. The van der Waals surface area contributed by atoms with Gasteiger partial charge in [-0.15, -0.1) is 0 Å². The summed E-state index contributed by atoms with van der Waals surface area (Å²) in [6.45, 7) is 0. The molecule has 0 N–H and O–H groups in total. The number of hydrogen-bond donors (Lipinski definition) is 0. The summed E-state index contributed by atoms with van der Waals surface area (Å²) in [7, 11) is 0. The van der Waals surface area contributed by atoms with Gasteiger partial charge in [0.2, 0.25) is 0 Å². The first-order chi connectivity index (χ1) is 6.20. The van der Waals surface area contributed by atoms with Gasteiger partial charge in [-0.1, -0.05) is 12.1 Å². The third-order valence-electron chi connectivity index (χ3n) is 2.25. The van der Waals surface area contributed by atoms with E-state index in [4.69, 9.17) is 0 Å². The van der Waals surface area contributed by atoms with Gasteiger partial charge in [-0.05, 0) is 6.42 Å². The van der Waals surface area contributed by atoms with Crippen LogP contribution in [0.1, 0.15) is 22.3 Å². The number of nitrogens with zero attached hydrogens (tertiary/aromatic N) is 1. The Morgan fingerprint density at radius 2 is 1.61 bits per heavy atom. The minimum atomic E-state index is -0.433. The van der Waals surface area contributed by atoms with Crippen molar-refractivity contribution >= 4 is 11.5 Å². The van der Waals surface area contributed by atoms with Gasteiger partial charge in [0.05, 0.1) is 4.92 Å². The molecule has 0 unspecified atom stereocenters. The van der Waals surface area contributed by atoms with Crippen molar-refractivity contribution in [2.75, 3.05) is 0 Å². The first-order valence-electron chi connectivity index (χ1n) is 3.99. The molecular weight excluding hydrogens is 322 g/mol. The Kier molecular flexibility index (Phi) is 14.7. The molecule has 0 heterocycles. The molecule has 1 aromatic rings. The molecule has 1 aliphatic carbocycles. The molecule has 0 amide bonds. The van der Waals surface area contributed by atoms with Crippen LogP contribution in [-0.2, 0) is 57.6 Å². The minimum absolute atomic E-state index is 0. The maximum absolute atomic E-state index is 11.2. The van der Waals surface area contributed by atoms with Crippen LogP contribution in [0.5, 0.6) is 0 Å². The smallest absolute Gasteiger partial charge is 2.00 e. The number of fused-ring (bicyclic) bond motifs is 1. The van der Waals surface area contributed by atoms with Crippen LogP contribution in [0.4, 0.5) is 5.69 Å². The molecular formula is C9H7Cr2NO6. The first-order valence-corrected chi connectivity index (χ1v) is 3.99. The molecule has 2 radical (unpaired) electrons. The van der Waals surface area contributed by atoms with E-state index in [-0.39, 0.29) is 62.6 Å². The summed E-state index contributed by atoms with van der Waals surface area (Å²) in [5.41, 5.74) is 1.19. The van der Waals surface area contributed by atoms with Crippen molar-refractivity contribution < 1.29 is 60.9 Å². The number of hydrogen-bond acceptors (Lipinski definition) is 3. The Morgan fingerprint density at radius 3 is 2.11 bits per heavy atom. The molecule has 0 spiro atoms. The van der Waals surface area contributed by atoms with Gasteiger partial charge in [0.1, 0.15) is 0 Å². The molecule has 9 heteroatoms. The van der Waals surface area contributed by atoms with E-state index in [0.29, 0.717) is 24.0 Å².